The Kier molecular flexibility index (Phi) is 5.05. The Morgan fingerprint density at radius 1 is 1.50 bits per heavy atom. The summed E-state index contributed by atoms with van der Waals surface area (Å²) in [5.41, 5.74) is 2.38. The second kappa shape index (κ2) is 6.08. The van der Waals surface area contributed by atoms with Gasteiger partial charge in [0.25, 0.3) is 0 Å². The number of halogens is 1. The first kappa shape index (κ1) is 13.3. The highest BCUT2D eigenvalue weighted by Crippen LogP contribution is 2.22. The average Bonchev–Trinajstić information content (AvgIpc) is 2.28. The molecule has 0 heterocycles. The molecule has 0 N–H and O–H groups in total. The SMILES string of the molecule is COC(=O)CCN(C)c1cc(C)ccc1I. The van der Waals surface area contributed by atoms with Gasteiger partial charge in [-0.2, -0.15) is 0 Å². The summed E-state index contributed by atoms with van der Waals surface area (Å²) in [5, 5.41) is 0. The summed E-state index contributed by atoms with van der Waals surface area (Å²) >= 11 is 2.30. The van der Waals surface area contributed by atoms with E-state index in [-0.39, 0.29) is 5.97 Å². The lowest BCUT2D eigenvalue weighted by Crippen LogP contribution is -2.22. The van der Waals surface area contributed by atoms with Crippen molar-refractivity contribution in [1.29, 1.82) is 0 Å². The van der Waals surface area contributed by atoms with Crippen LogP contribution >= 0.6 is 22.6 Å². The third-order valence-corrected chi connectivity index (χ3v) is 3.30. The van der Waals surface area contributed by atoms with Crippen LogP contribution < -0.4 is 4.90 Å². The van der Waals surface area contributed by atoms with E-state index in [1.165, 1.54) is 16.2 Å². The molecule has 0 saturated heterocycles. The smallest absolute Gasteiger partial charge is 0.307 e. The van der Waals surface area contributed by atoms with Gasteiger partial charge in [0.2, 0.25) is 0 Å². The highest BCUT2D eigenvalue weighted by molar-refractivity contribution is 14.1. The van der Waals surface area contributed by atoms with Crippen LogP contribution in [0.4, 0.5) is 5.69 Å². The van der Waals surface area contributed by atoms with Crippen LogP contribution in [0.3, 0.4) is 0 Å². The van der Waals surface area contributed by atoms with E-state index in [1.807, 2.05) is 7.05 Å². The number of hydrogen-bond donors (Lipinski definition) is 0. The third kappa shape index (κ3) is 3.66. The van der Waals surface area contributed by atoms with Crippen LogP contribution in [0.1, 0.15) is 12.0 Å². The minimum atomic E-state index is -0.172. The van der Waals surface area contributed by atoms with E-state index in [0.29, 0.717) is 13.0 Å². The number of methoxy groups -OCH3 is 1. The van der Waals surface area contributed by atoms with Crippen LogP contribution in [0.2, 0.25) is 0 Å². The van der Waals surface area contributed by atoms with Gasteiger partial charge in [0.15, 0.2) is 0 Å². The molecule has 1 rings (SSSR count). The Morgan fingerprint density at radius 2 is 2.19 bits per heavy atom. The number of nitrogens with zero attached hydrogens (tertiary/aromatic N) is 1. The number of ether oxygens (including phenoxy) is 1. The number of carbonyl (C=O) groups excluding carboxylic acids is 1. The van der Waals surface area contributed by atoms with Gasteiger partial charge in [-0.1, -0.05) is 6.07 Å². The Labute approximate surface area is 110 Å². The quantitative estimate of drug-likeness (QED) is 0.627. The van der Waals surface area contributed by atoms with Crippen molar-refractivity contribution in [3.63, 3.8) is 0 Å². The van der Waals surface area contributed by atoms with E-state index >= 15 is 0 Å². The molecular formula is C12H16INO2. The molecule has 0 bridgehead atoms. The summed E-state index contributed by atoms with van der Waals surface area (Å²) in [6, 6.07) is 6.29. The first-order valence-electron chi connectivity index (χ1n) is 5.08. The van der Waals surface area contributed by atoms with E-state index < -0.39 is 0 Å². The fourth-order valence-electron chi connectivity index (χ4n) is 1.40. The molecule has 0 amide bonds. The molecule has 3 nitrogen and oxygen atoms in total. The van der Waals surface area contributed by atoms with E-state index in [1.54, 1.807) is 0 Å². The van der Waals surface area contributed by atoms with Crippen LogP contribution in [0, 0.1) is 10.5 Å². The fourth-order valence-corrected chi connectivity index (χ4v) is 2.14. The van der Waals surface area contributed by atoms with Gasteiger partial charge in [-0.15, -0.1) is 0 Å². The molecule has 0 radical (unpaired) electrons. The van der Waals surface area contributed by atoms with Crippen molar-refractivity contribution in [2.45, 2.75) is 13.3 Å². The molecule has 88 valence electrons. The maximum absolute atomic E-state index is 11.0. The highest BCUT2D eigenvalue weighted by Gasteiger charge is 2.08. The lowest BCUT2D eigenvalue weighted by molar-refractivity contribution is -0.140. The van der Waals surface area contributed by atoms with Crippen LogP contribution in [0.15, 0.2) is 18.2 Å². The highest BCUT2D eigenvalue weighted by atomic mass is 127. The normalized spacial score (nSPS) is 10.0. The van der Waals surface area contributed by atoms with Crippen LogP contribution in [-0.4, -0.2) is 26.7 Å². The van der Waals surface area contributed by atoms with Gasteiger partial charge in [-0.05, 0) is 47.2 Å². The number of benzene rings is 1. The maximum atomic E-state index is 11.0. The number of aryl methyl sites for hydroxylation is 1. The van der Waals surface area contributed by atoms with Gasteiger partial charge in [-0.25, -0.2) is 0 Å². The van der Waals surface area contributed by atoms with Crippen molar-refractivity contribution in [3.8, 4) is 0 Å². The minimum Gasteiger partial charge on any atom is -0.469 e. The molecule has 16 heavy (non-hydrogen) atoms. The number of esters is 1. The van der Waals surface area contributed by atoms with Crippen molar-refractivity contribution in [2.24, 2.45) is 0 Å². The molecule has 0 spiro atoms. The summed E-state index contributed by atoms with van der Waals surface area (Å²) in [5.74, 6) is -0.172. The van der Waals surface area contributed by atoms with Crippen molar-refractivity contribution in [3.05, 3.63) is 27.3 Å². The molecule has 0 atom stereocenters. The number of anilines is 1. The topological polar surface area (TPSA) is 29.5 Å². The summed E-state index contributed by atoms with van der Waals surface area (Å²) in [6.07, 6.45) is 0.414. The molecule has 1 aromatic carbocycles. The molecule has 0 aliphatic rings. The minimum absolute atomic E-state index is 0.172. The Hall–Kier alpha value is -0.780. The third-order valence-electron chi connectivity index (χ3n) is 2.39. The van der Waals surface area contributed by atoms with Gasteiger partial charge < -0.3 is 9.64 Å². The monoisotopic (exact) mass is 333 g/mol. The number of rotatable bonds is 4. The first-order valence-corrected chi connectivity index (χ1v) is 6.16. The number of carbonyl (C=O) groups is 1. The van der Waals surface area contributed by atoms with E-state index in [9.17, 15) is 4.79 Å². The van der Waals surface area contributed by atoms with Crippen LogP contribution in [0.5, 0.6) is 0 Å². The maximum Gasteiger partial charge on any atom is 0.307 e. The predicted molar refractivity (Wildman–Crippen MR) is 73.8 cm³/mol. The van der Waals surface area contributed by atoms with Gasteiger partial charge in [0.05, 0.1) is 19.2 Å². The molecular weight excluding hydrogens is 317 g/mol. The fraction of sp³-hybridized carbons (Fsp3) is 0.417. The molecule has 0 aliphatic heterocycles. The molecule has 0 aliphatic carbocycles. The van der Waals surface area contributed by atoms with Crippen molar-refractivity contribution >= 4 is 34.2 Å². The summed E-state index contributed by atoms with van der Waals surface area (Å²) in [4.78, 5) is 13.1. The molecule has 0 fully saturated rings. The van der Waals surface area contributed by atoms with Crippen molar-refractivity contribution in [1.82, 2.24) is 0 Å². The Balaban J connectivity index is 2.68. The molecule has 0 saturated carbocycles. The number of hydrogen-bond acceptors (Lipinski definition) is 3. The lowest BCUT2D eigenvalue weighted by atomic mass is 10.2. The standard InChI is InChI=1S/C12H16INO2/c1-9-4-5-10(13)11(8-9)14(2)7-6-12(15)16-3/h4-5,8H,6-7H2,1-3H3. The summed E-state index contributed by atoms with van der Waals surface area (Å²) in [6.45, 7) is 2.74. The summed E-state index contributed by atoms with van der Waals surface area (Å²) < 4.78 is 5.81. The predicted octanol–water partition coefficient (Wildman–Crippen LogP) is 2.60. The van der Waals surface area contributed by atoms with Gasteiger partial charge in [0.1, 0.15) is 0 Å². The van der Waals surface area contributed by atoms with Gasteiger partial charge in [0, 0.05) is 17.2 Å². The second-order valence-corrected chi connectivity index (χ2v) is 4.86. The van der Waals surface area contributed by atoms with Crippen molar-refractivity contribution in [2.75, 3.05) is 25.6 Å². The molecule has 0 unspecified atom stereocenters. The Morgan fingerprint density at radius 3 is 2.81 bits per heavy atom. The molecule has 1 aromatic rings. The molecule has 4 heteroatoms. The Bertz CT molecular complexity index is 379. The van der Waals surface area contributed by atoms with Gasteiger partial charge >= 0.3 is 5.97 Å². The summed E-state index contributed by atoms with van der Waals surface area (Å²) in [7, 11) is 3.40. The zero-order chi connectivity index (χ0) is 12.1. The van der Waals surface area contributed by atoms with Crippen LogP contribution in [0.25, 0.3) is 0 Å². The zero-order valence-corrected chi connectivity index (χ0v) is 11.9. The van der Waals surface area contributed by atoms with E-state index in [0.717, 1.165) is 5.69 Å². The van der Waals surface area contributed by atoms with E-state index in [4.69, 9.17) is 0 Å². The molecule has 0 aromatic heterocycles. The van der Waals surface area contributed by atoms with Gasteiger partial charge in [-0.3, -0.25) is 4.79 Å². The second-order valence-electron chi connectivity index (χ2n) is 3.70. The lowest BCUT2D eigenvalue weighted by Gasteiger charge is -2.20. The first-order chi connectivity index (χ1) is 7.54. The zero-order valence-electron chi connectivity index (χ0n) is 9.79. The largest absolute Gasteiger partial charge is 0.469 e. The van der Waals surface area contributed by atoms with Crippen molar-refractivity contribution < 1.29 is 9.53 Å². The van der Waals surface area contributed by atoms with E-state index in [2.05, 4.69) is 57.4 Å². The average molecular weight is 333 g/mol. The van der Waals surface area contributed by atoms with Crippen LogP contribution in [-0.2, 0) is 9.53 Å².